The van der Waals surface area contributed by atoms with Crippen molar-refractivity contribution in [3.05, 3.63) is 65.0 Å². The maximum absolute atomic E-state index is 13.1. The van der Waals surface area contributed by atoms with Crippen molar-refractivity contribution in [3.63, 3.8) is 0 Å². The van der Waals surface area contributed by atoms with Crippen molar-refractivity contribution in [1.82, 2.24) is 19.7 Å². The van der Waals surface area contributed by atoms with Crippen LogP contribution in [0.1, 0.15) is 64.6 Å². The molecule has 9 heteroatoms. The fraction of sp³-hybridized carbons (Fsp3) is 0.385. The Labute approximate surface area is 203 Å². The number of aryl methyl sites for hydroxylation is 1. The molecule has 5 rings (SSSR count). The van der Waals surface area contributed by atoms with E-state index < -0.39 is 11.3 Å². The normalized spacial score (nSPS) is 21.8. The molecule has 2 aromatic heterocycles. The summed E-state index contributed by atoms with van der Waals surface area (Å²) in [6.45, 7) is 4.34. The molecule has 3 heterocycles. The van der Waals surface area contributed by atoms with Gasteiger partial charge in [-0.05, 0) is 36.6 Å². The molecule has 35 heavy (non-hydrogen) atoms. The van der Waals surface area contributed by atoms with Gasteiger partial charge in [0.15, 0.2) is 12.0 Å². The zero-order valence-corrected chi connectivity index (χ0v) is 19.9. The van der Waals surface area contributed by atoms with Gasteiger partial charge in [-0.3, -0.25) is 9.59 Å². The highest BCUT2D eigenvalue weighted by atomic mass is 16.5. The molecule has 1 N–H and O–H groups in total. The van der Waals surface area contributed by atoms with Gasteiger partial charge in [0, 0.05) is 35.9 Å². The van der Waals surface area contributed by atoms with Crippen molar-refractivity contribution in [1.29, 1.82) is 5.26 Å². The molecule has 0 atom stereocenters. The van der Waals surface area contributed by atoms with Crippen LogP contribution in [0.3, 0.4) is 0 Å². The summed E-state index contributed by atoms with van der Waals surface area (Å²) in [6, 6.07) is 11.5. The van der Waals surface area contributed by atoms with Crippen molar-refractivity contribution in [2.45, 2.75) is 43.9 Å². The average molecular weight is 471 g/mol. The number of pyridine rings is 1. The zero-order valence-electron chi connectivity index (χ0n) is 19.9. The number of amides is 1. The maximum Gasteiger partial charge on any atom is 0.274 e. The molecule has 9 nitrogen and oxygen atoms in total. The highest BCUT2D eigenvalue weighted by Crippen LogP contribution is 2.50. The first-order valence-electron chi connectivity index (χ1n) is 11.5. The molecule has 178 valence electrons. The van der Waals surface area contributed by atoms with Gasteiger partial charge in [0.1, 0.15) is 17.8 Å². The zero-order chi connectivity index (χ0) is 24.8. The summed E-state index contributed by atoms with van der Waals surface area (Å²) in [5, 5.41) is 20.6. The predicted molar refractivity (Wildman–Crippen MR) is 127 cm³/mol. The lowest BCUT2D eigenvalue weighted by atomic mass is 9.57. The van der Waals surface area contributed by atoms with Crippen LogP contribution in [0.2, 0.25) is 0 Å². The van der Waals surface area contributed by atoms with E-state index in [1.54, 1.807) is 6.33 Å². The number of nitrogens with zero attached hydrogens (tertiary/aromatic N) is 5. The van der Waals surface area contributed by atoms with Gasteiger partial charge >= 0.3 is 0 Å². The molecular weight excluding hydrogens is 444 g/mol. The van der Waals surface area contributed by atoms with Crippen LogP contribution in [-0.2, 0) is 24.3 Å². The quantitative estimate of drug-likeness (QED) is 0.548. The minimum absolute atomic E-state index is 0.00979. The van der Waals surface area contributed by atoms with E-state index >= 15 is 0 Å². The van der Waals surface area contributed by atoms with Crippen LogP contribution in [0, 0.1) is 17.2 Å². The lowest BCUT2D eigenvalue weighted by Crippen LogP contribution is -2.43. The minimum atomic E-state index is -0.401. The first-order valence-corrected chi connectivity index (χ1v) is 11.5. The summed E-state index contributed by atoms with van der Waals surface area (Å²) in [7, 11) is 1.91. The number of anilines is 1. The predicted octanol–water partition coefficient (Wildman–Crippen LogP) is 3.36. The summed E-state index contributed by atoms with van der Waals surface area (Å²) >= 11 is 0. The topological polar surface area (TPSA) is 123 Å². The molecule has 1 saturated carbocycles. The molecule has 2 aliphatic rings. The molecule has 3 aromatic rings. The van der Waals surface area contributed by atoms with Gasteiger partial charge in [0.25, 0.3) is 5.91 Å². The molecule has 1 fully saturated rings. The number of ether oxygens (including phenoxy) is 1. The third kappa shape index (κ3) is 3.95. The number of carbonyl (C=O) groups excluding carboxylic acids is 2. The van der Waals surface area contributed by atoms with E-state index in [1.807, 2.05) is 49.7 Å². The Balaban J connectivity index is 1.43. The van der Waals surface area contributed by atoms with Gasteiger partial charge < -0.3 is 14.6 Å². The number of aromatic nitrogens is 4. The Morgan fingerprint density at radius 3 is 2.83 bits per heavy atom. The van der Waals surface area contributed by atoms with E-state index in [1.165, 1.54) is 6.07 Å². The van der Waals surface area contributed by atoms with Crippen molar-refractivity contribution in [3.8, 4) is 11.8 Å². The van der Waals surface area contributed by atoms with Crippen LogP contribution in [0.5, 0.6) is 5.75 Å². The summed E-state index contributed by atoms with van der Waals surface area (Å²) in [5.74, 6) is 0.890. The third-order valence-electron chi connectivity index (χ3n) is 7.07. The Hall–Kier alpha value is -4.06. The van der Waals surface area contributed by atoms with Gasteiger partial charge in [-0.2, -0.15) is 5.26 Å². The Morgan fingerprint density at radius 1 is 1.34 bits per heavy atom. The number of benzene rings is 1. The summed E-state index contributed by atoms with van der Waals surface area (Å²) < 4.78 is 7.56. The summed E-state index contributed by atoms with van der Waals surface area (Å²) in [5.41, 5.74) is 2.11. The first kappa shape index (κ1) is 22.7. The fourth-order valence-electron chi connectivity index (χ4n) is 5.04. The van der Waals surface area contributed by atoms with Crippen LogP contribution < -0.4 is 10.1 Å². The van der Waals surface area contributed by atoms with Crippen molar-refractivity contribution in [2.24, 2.45) is 13.0 Å². The van der Waals surface area contributed by atoms with E-state index in [0.29, 0.717) is 42.0 Å². The molecule has 1 aliphatic carbocycles. The van der Waals surface area contributed by atoms with E-state index in [-0.39, 0.29) is 17.0 Å². The lowest BCUT2D eigenvalue weighted by molar-refractivity contribution is 0.102. The van der Waals surface area contributed by atoms with Crippen LogP contribution >= 0.6 is 0 Å². The molecule has 1 aromatic carbocycles. The monoisotopic (exact) mass is 470 g/mol. The number of hydrogen-bond acceptors (Lipinski definition) is 7. The third-order valence-corrected chi connectivity index (χ3v) is 7.07. The SMILES string of the molecule is Cn1cnnc1CC1(c2cccc(NC(=O)c3cc(C=O)c4c(n3)C(C)(C)CO4)c2)CC(C#N)C1. The second kappa shape index (κ2) is 8.31. The molecular formula is C26H26N6O3. The highest BCUT2D eigenvalue weighted by Gasteiger charge is 2.46. The van der Waals surface area contributed by atoms with Crippen LogP contribution in [-0.4, -0.2) is 38.5 Å². The largest absolute Gasteiger partial charge is 0.490 e. The second-order valence-electron chi connectivity index (χ2n) is 10.1. The van der Waals surface area contributed by atoms with Crippen molar-refractivity contribution >= 4 is 17.9 Å². The van der Waals surface area contributed by atoms with E-state index in [2.05, 4.69) is 26.6 Å². The van der Waals surface area contributed by atoms with E-state index in [0.717, 1.165) is 24.2 Å². The van der Waals surface area contributed by atoms with Crippen LogP contribution in [0.25, 0.3) is 0 Å². The van der Waals surface area contributed by atoms with Crippen LogP contribution in [0.15, 0.2) is 36.7 Å². The van der Waals surface area contributed by atoms with Gasteiger partial charge in [0.05, 0.1) is 23.9 Å². The number of nitrogens with one attached hydrogen (secondary N) is 1. The van der Waals surface area contributed by atoms with Crippen LogP contribution in [0.4, 0.5) is 5.69 Å². The number of carbonyl (C=O) groups is 2. The molecule has 0 bridgehead atoms. The summed E-state index contributed by atoms with van der Waals surface area (Å²) in [6.07, 6.45) is 4.46. The van der Waals surface area contributed by atoms with Crippen molar-refractivity contribution in [2.75, 3.05) is 11.9 Å². The number of hydrogen-bond donors (Lipinski definition) is 1. The Morgan fingerprint density at radius 2 is 2.14 bits per heavy atom. The number of aldehydes is 1. The molecule has 1 aliphatic heterocycles. The standard InChI is InChI=1S/C26H26N6O3/c1-25(2)14-35-22-17(13-33)7-20(30-23(22)25)24(34)29-19-6-4-5-18(8-19)26(9-16(10-26)12-27)11-21-31-28-15-32(21)3/h4-8,13,15-16H,9-11,14H2,1-3H3,(H,29,34). The van der Waals surface area contributed by atoms with Gasteiger partial charge in [0.2, 0.25) is 0 Å². The highest BCUT2D eigenvalue weighted by molar-refractivity contribution is 6.04. The number of nitriles is 1. The Bertz CT molecular complexity index is 1360. The van der Waals surface area contributed by atoms with Gasteiger partial charge in [-0.1, -0.05) is 26.0 Å². The van der Waals surface area contributed by atoms with E-state index in [4.69, 9.17) is 4.74 Å². The minimum Gasteiger partial charge on any atom is -0.490 e. The number of rotatable bonds is 6. The maximum atomic E-state index is 13.1. The molecule has 0 unspecified atom stereocenters. The van der Waals surface area contributed by atoms with Crippen molar-refractivity contribution < 1.29 is 14.3 Å². The lowest BCUT2D eigenvalue weighted by Gasteiger charge is -2.45. The first-order chi connectivity index (χ1) is 16.7. The van der Waals surface area contributed by atoms with Gasteiger partial charge in [-0.15, -0.1) is 10.2 Å². The number of fused-ring (bicyclic) bond motifs is 1. The average Bonchev–Trinajstić information content (AvgIpc) is 3.37. The molecule has 0 saturated heterocycles. The fourth-order valence-corrected chi connectivity index (χ4v) is 5.04. The Kier molecular flexibility index (Phi) is 5.39. The summed E-state index contributed by atoms with van der Waals surface area (Å²) in [4.78, 5) is 29.3. The smallest absolute Gasteiger partial charge is 0.274 e. The van der Waals surface area contributed by atoms with E-state index in [9.17, 15) is 14.9 Å². The molecule has 0 spiro atoms. The van der Waals surface area contributed by atoms with Gasteiger partial charge in [-0.25, -0.2) is 4.98 Å². The molecule has 0 radical (unpaired) electrons. The second-order valence-corrected chi connectivity index (χ2v) is 10.1. The molecule has 1 amide bonds.